The first-order valence-corrected chi connectivity index (χ1v) is 8.69. The highest BCUT2D eigenvalue weighted by Gasteiger charge is 2.21. The van der Waals surface area contributed by atoms with Crippen LogP contribution in [0.2, 0.25) is 0 Å². The van der Waals surface area contributed by atoms with Crippen LogP contribution in [0.25, 0.3) is 5.65 Å². The zero-order valence-electron chi connectivity index (χ0n) is 14.6. The lowest BCUT2D eigenvalue weighted by Gasteiger charge is -2.32. The van der Waals surface area contributed by atoms with Gasteiger partial charge in [-0.2, -0.15) is 4.52 Å². The summed E-state index contributed by atoms with van der Waals surface area (Å²) < 4.78 is 7.71. The van der Waals surface area contributed by atoms with Crippen molar-refractivity contribution in [2.45, 2.75) is 26.7 Å². The van der Waals surface area contributed by atoms with Crippen LogP contribution >= 0.6 is 0 Å². The molecule has 0 unspecified atom stereocenters. The lowest BCUT2D eigenvalue weighted by molar-refractivity contribution is 0.214. The Kier molecular flexibility index (Phi) is 4.21. The van der Waals surface area contributed by atoms with Gasteiger partial charge in [0.05, 0.1) is 6.61 Å². The van der Waals surface area contributed by atoms with Crippen LogP contribution in [0, 0.1) is 19.8 Å². The van der Waals surface area contributed by atoms with Crippen molar-refractivity contribution in [3.05, 3.63) is 41.9 Å². The highest BCUT2D eigenvalue weighted by atomic mass is 16.5. The van der Waals surface area contributed by atoms with Gasteiger partial charge in [0.1, 0.15) is 5.82 Å². The van der Waals surface area contributed by atoms with Crippen LogP contribution in [0.15, 0.2) is 30.5 Å². The summed E-state index contributed by atoms with van der Waals surface area (Å²) >= 11 is 0. The molecule has 1 aliphatic heterocycles. The van der Waals surface area contributed by atoms with Gasteiger partial charge in [0, 0.05) is 24.8 Å². The van der Waals surface area contributed by atoms with Gasteiger partial charge in [0.2, 0.25) is 5.88 Å². The molecule has 25 heavy (non-hydrogen) atoms. The number of nitrogens with zero attached hydrogens (tertiary/aromatic N) is 6. The highest BCUT2D eigenvalue weighted by molar-refractivity contribution is 5.45. The lowest BCUT2D eigenvalue weighted by Crippen LogP contribution is -2.36. The topological polar surface area (TPSA) is 68.4 Å². The number of fused-ring (bicyclic) bond motifs is 1. The number of pyridine rings is 1. The Morgan fingerprint density at radius 3 is 2.76 bits per heavy atom. The molecule has 0 spiro atoms. The first-order valence-electron chi connectivity index (χ1n) is 8.69. The van der Waals surface area contributed by atoms with Crippen molar-refractivity contribution in [3.63, 3.8) is 0 Å². The van der Waals surface area contributed by atoms with E-state index in [9.17, 15) is 0 Å². The largest absolute Gasteiger partial charge is 0.477 e. The van der Waals surface area contributed by atoms with Gasteiger partial charge in [-0.15, -0.1) is 15.3 Å². The molecule has 0 atom stereocenters. The Hall–Kier alpha value is -2.70. The number of piperidine rings is 1. The molecule has 0 aromatic carbocycles. The van der Waals surface area contributed by atoms with Gasteiger partial charge >= 0.3 is 0 Å². The molecular weight excluding hydrogens is 316 g/mol. The van der Waals surface area contributed by atoms with E-state index in [-0.39, 0.29) is 0 Å². The SMILES string of the molecule is Cc1cccnc1OCC1CCN(c2ccc3nnc(C)n3n2)CC1. The van der Waals surface area contributed by atoms with Crippen molar-refractivity contribution in [3.8, 4) is 5.88 Å². The van der Waals surface area contributed by atoms with Gasteiger partial charge in [-0.25, -0.2) is 4.98 Å². The fraction of sp³-hybridized carbons (Fsp3) is 0.444. The molecule has 0 N–H and O–H groups in total. The normalized spacial score (nSPS) is 15.7. The second-order valence-corrected chi connectivity index (χ2v) is 6.58. The third-order valence-corrected chi connectivity index (χ3v) is 4.76. The number of rotatable bonds is 4. The number of aromatic nitrogens is 5. The molecule has 0 amide bonds. The van der Waals surface area contributed by atoms with Gasteiger partial charge in [0.25, 0.3) is 0 Å². The van der Waals surface area contributed by atoms with E-state index in [1.807, 2.05) is 38.1 Å². The van der Waals surface area contributed by atoms with Gasteiger partial charge in [-0.3, -0.25) is 0 Å². The predicted molar refractivity (Wildman–Crippen MR) is 94.9 cm³/mol. The molecule has 0 aliphatic carbocycles. The minimum Gasteiger partial charge on any atom is -0.477 e. The Labute approximate surface area is 146 Å². The zero-order chi connectivity index (χ0) is 17.2. The van der Waals surface area contributed by atoms with Crippen LogP contribution in [0.1, 0.15) is 24.2 Å². The van der Waals surface area contributed by atoms with Crippen LogP contribution in [-0.2, 0) is 0 Å². The molecule has 1 saturated heterocycles. The molecule has 7 nitrogen and oxygen atoms in total. The average Bonchev–Trinajstić information content (AvgIpc) is 3.02. The van der Waals surface area contributed by atoms with E-state index in [1.165, 1.54) is 0 Å². The maximum Gasteiger partial charge on any atom is 0.216 e. The molecule has 1 aliphatic rings. The lowest BCUT2D eigenvalue weighted by atomic mass is 9.98. The van der Waals surface area contributed by atoms with E-state index in [0.29, 0.717) is 5.92 Å². The van der Waals surface area contributed by atoms with E-state index in [1.54, 1.807) is 10.7 Å². The summed E-state index contributed by atoms with van der Waals surface area (Å²) in [5.41, 5.74) is 1.87. The van der Waals surface area contributed by atoms with Crippen LogP contribution in [0.4, 0.5) is 5.82 Å². The maximum absolute atomic E-state index is 5.91. The van der Waals surface area contributed by atoms with E-state index in [2.05, 4.69) is 25.2 Å². The maximum atomic E-state index is 5.91. The summed E-state index contributed by atoms with van der Waals surface area (Å²) in [4.78, 5) is 6.62. The summed E-state index contributed by atoms with van der Waals surface area (Å²) in [6.07, 6.45) is 3.96. The van der Waals surface area contributed by atoms with Crippen LogP contribution < -0.4 is 9.64 Å². The molecule has 7 heteroatoms. The Bertz CT molecular complexity index is 869. The van der Waals surface area contributed by atoms with Crippen molar-refractivity contribution in [1.82, 2.24) is 24.8 Å². The predicted octanol–water partition coefficient (Wildman–Crippen LogP) is 2.43. The monoisotopic (exact) mass is 338 g/mol. The number of hydrogen-bond donors (Lipinski definition) is 0. The number of ether oxygens (including phenoxy) is 1. The summed E-state index contributed by atoms with van der Waals surface area (Å²) in [7, 11) is 0. The molecule has 3 aromatic rings. The van der Waals surface area contributed by atoms with Crippen molar-refractivity contribution in [1.29, 1.82) is 0 Å². The minimum absolute atomic E-state index is 0.554. The highest BCUT2D eigenvalue weighted by Crippen LogP contribution is 2.23. The van der Waals surface area contributed by atoms with E-state index in [4.69, 9.17) is 4.74 Å². The quantitative estimate of drug-likeness (QED) is 0.728. The van der Waals surface area contributed by atoms with Crippen LogP contribution in [0.3, 0.4) is 0 Å². The standard InChI is InChI=1S/C18H22N6O/c1-13-4-3-9-19-18(13)25-12-15-7-10-23(11-8-15)17-6-5-16-21-20-14(2)24(16)22-17/h3-6,9,15H,7-8,10-12H2,1-2H3. The average molecular weight is 338 g/mol. The second kappa shape index (κ2) is 6.66. The second-order valence-electron chi connectivity index (χ2n) is 6.58. The summed E-state index contributed by atoms with van der Waals surface area (Å²) in [5.74, 6) is 3.10. The molecule has 0 bridgehead atoms. The molecule has 4 heterocycles. The Balaban J connectivity index is 1.36. The third kappa shape index (κ3) is 3.26. The molecule has 0 saturated carbocycles. The molecule has 4 rings (SSSR count). The smallest absolute Gasteiger partial charge is 0.216 e. The minimum atomic E-state index is 0.554. The van der Waals surface area contributed by atoms with Gasteiger partial charge in [-0.05, 0) is 50.8 Å². The first-order chi connectivity index (χ1) is 12.2. The molecule has 1 fully saturated rings. The van der Waals surface area contributed by atoms with Crippen LogP contribution in [0.5, 0.6) is 5.88 Å². The molecule has 0 radical (unpaired) electrons. The van der Waals surface area contributed by atoms with Crippen molar-refractivity contribution in [2.24, 2.45) is 5.92 Å². The fourth-order valence-corrected chi connectivity index (χ4v) is 3.20. The van der Waals surface area contributed by atoms with E-state index < -0.39 is 0 Å². The van der Waals surface area contributed by atoms with Crippen molar-refractivity contribution >= 4 is 11.5 Å². The van der Waals surface area contributed by atoms with Gasteiger partial charge in [0.15, 0.2) is 11.5 Å². The van der Waals surface area contributed by atoms with Crippen LogP contribution in [-0.4, -0.2) is 44.5 Å². The third-order valence-electron chi connectivity index (χ3n) is 4.76. The fourth-order valence-electron chi connectivity index (χ4n) is 3.20. The van der Waals surface area contributed by atoms with Crippen molar-refractivity contribution < 1.29 is 4.74 Å². The molecular formula is C18H22N6O. The summed E-state index contributed by atoms with van der Waals surface area (Å²) in [6, 6.07) is 7.96. The Morgan fingerprint density at radius 2 is 1.96 bits per heavy atom. The number of aryl methyl sites for hydroxylation is 2. The molecule has 130 valence electrons. The van der Waals surface area contributed by atoms with E-state index >= 15 is 0 Å². The zero-order valence-corrected chi connectivity index (χ0v) is 14.6. The number of anilines is 1. The van der Waals surface area contributed by atoms with Gasteiger partial charge < -0.3 is 9.64 Å². The Morgan fingerprint density at radius 1 is 1.12 bits per heavy atom. The number of hydrogen-bond acceptors (Lipinski definition) is 6. The first kappa shape index (κ1) is 15.8. The summed E-state index contributed by atoms with van der Waals surface area (Å²) in [6.45, 7) is 6.63. The van der Waals surface area contributed by atoms with Crippen molar-refractivity contribution in [2.75, 3.05) is 24.6 Å². The molecule has 3 aromatic heterocycles. The summed E-state index contributed by atoms with van der Waals surface area (Å²) in [5, 5.41) is 12.8. The van der Waals surface area contributed by atoms with Gasteiger partial charge in [-0.1, -0.05) is 6.07 Å². The van der Waals surface area contributed by atoms with E-state index in [0.717, 1.165) is 61.3 Å².